The van der Waals surface area contributed by atoms with E-state index < -0.39 is 65.2 Å². The Morgan fingerprint density at radius 3 is 1.15 bits per heavy atom. The number of rotatable bonds is 28. The van der Waals surface area contributed by atoms with Crippen LogP contribution in [0.1, 0.15) is 168 Å². The summed E-state index contributed by atoms with van der Waals surface area (Å²) in [6.45, 7) is 7.36. The average Bonchev–Trinajstić information content (AvgIpc) is 3.87. The van der Waals surface area contributed by atoms with Crippen molar-refractivity contribution in [2.24, 2.45) is 0 Å². The van der Waals surface area contributed by atoms with Crippen molar-refractivity contribution in [2.75, 3.05) is 13.2 Å². The lowest BCUT2D eigenvalue weighted by Gasteiger charge is -2.25. The third kappa shape index (κ3) is 13.4. The maximum absolute atomic E-state index is 15.8. The first kappa shape index (κ1) is 51.7. The Balaban J connectivity index is 1.19. The molecule has 0 bridgehead atoms. The second-order valence-corrected chi connectivity index (χ2v) is 19.4. The summed E-state index contributed by atoms with van der Waals surface area (Å²) in [7, 11) is 0. The maximum Gasteiger partial charge on any atom is 0.380 e. The van der Waals surface area contributed by atoms with Gasteiger partial charge in [-0.3, -0.25) is 0 Å². The number of halogens is 6. The van der Waals surface area contributed by atoms with Crippen LogP contribution in [0, 0.1) is 13.8 Å². The number of alkyl halides is 6. The summed E-state index contributed by atoms with van der Waals surface area (Å²) in [6.07, 6.45) is 18.7. The fraction of sp³-hybridized carbons (Fsp3) is 0.529. The van der Waals surface area contributed by atoms with Gasteiger partial charge in [-0.2, -0.15) is 26.3 Å². The molecule has 5 rings (SSSR count). The molecule has 0 radical (unpaired) electrons. The van der Waals surface area contributed by atoms with Gasteiger partial charge in [-0.1, -0.05) is 104 Å². The van der Waals surface area contributed by atoms with Gasteiger partial charge in [-0.15, -0.1) is 22.7 Å². The van der Waals surface area contributed by atoms with Crippen LogP contribution in [-0.2, 0) is 22.7 Å². The zero-order valence-corrected chi connectivity index (χ0v) is 39.6. The predicted octanol–water partition coefficient (Wildman–Crippen LogP) is 16.0. The van der Waals surface area contributed by atoms with Crippen molar-refractivity contribution in [2.45, 2.75) is 161 Å². The number of hydrogen-bond donors (Lipinski definition) is 0. The van der Waals surface area contributed by atoms with E-state index in [-0.39, 0.29) is 30.6 Å². The fourth-order valence-electron chi connectivity index (χ4n) is 7.83. The third-order valence-corrected chi connectivity index (χ3v) is 13.6. The first-order valence-electron chi connectivity index (χ1n) is 23.0. The normalized spacial score (nSPS) is 15.0. The zero-order valence-electron chi connectivity index (χ0n) is 37.9. The number of aryl methyl sites for hydroxylation is 2. The number of esters is 2. The highest BCUT2D eigenvalue weighted by Gasteiger charge is 2.80. The number of ether oxygens (including phenoxy) is 4. The van der Waals surface area contributed by atoms with Crippen LogP contribution in [-0.4, -0.2) is 42.9 Å². The fourth-order valence-corrected chi connectivity index (χ4v) is 9.74. The summed E-state index contributed by atoms with van der Waals surface area (Å²) in [5.41, 5.74) is -3.61. The van der Waals surface area contributed by atoms with Crippen molar-refractivity contribution in [3.63, 3.8) is 0 Å². The first-order chi connectivity index (χ1) is 31.1. The lowest BCUT2D eigenvalue weighted by atomic mass is 9.95. The summed E-state index contributed by atoms with van der Waals surface area (Å²) in [5.74, 6) is -16.6. The lowest BCUT2D eigenvalue weighted by molar-refractivity contribution is -0.254. The minimum absolute atomic E-state index is 0.0568. The minimum atomic E-state index is -5.76. The molecule has 0 spiro atoms. The quantitative estimate of drug-likeness (QED) is 0.0321. The Hall–Kier alpha value is -4.30. The summed E-state index contributed by atoms with van der Waals surface area (Å²) in [4.78, 5) is 26.3. The number of carbonyl (C=O) groups excluding carboxylic acids is 2. The molecule has 0 N–H and O–H groups in total. The molecule has 4 aromatic rings. The molecule has 2 heterocycles. The zero-order chi connectivity index (χ0) is 47.0. The summed E-state index contributed by atoms with van der Waals surface area (Å²) in [6, 6.07) is 14.9. The molecule has 2 aromatic heterocycles. The number of carbonyl (C=O) groups is 2. The number of unbranched alkanes of at least 4 members (excludes halogenated alkanes) is 14. The molecule has 2 aromatic carbocycles. The highest BCUT2D eigenvalue weighted by molar-refractivity contribution is 7.12. The number of allylic oxidation sites excluding steroid dienone is 2. The van der Waals surface area contributed by atoms with Crippen LogP contribution in [0.15, 0.2) is 60.7 Å². The van der Waals surface area contributed by atoms with E-state index in [2.05, 4.69) is 13.8 Å². The molecule has 356 valence electrons. The Morgan fingerprint density at radius 2 is 0.815 bits per heavy atom. The van der Waals surface area contributed by atoms with Crippen molar-refractivity contribution in [1.82, 2.24) is 0 Å². The van der Waals surface area contributed by atoms with E-state index >= 15 is 26.3 Å². The summed E-state index contributed by atoms with van der Waals surface area (Å²) < 4.78 is 116. The highest BCUT2D eigenvalue weighted by atomic mass is 32.1. The molecule has 0 saturated carbocycles. The van der Waals surface area contributed by atoms with E-state index in [1.165, 1.54) is 102 Å². The molecule has 1 aliphatic rings. The molecule has 0 amide bonds. The van der Waals surface area contributed by atoms with Crippen molar-refractivity contribution < 1.29 is 54.9 Å². The molecule has 0 saturated heterocycles. The Morgan fingerprint density at radius 1 is 0.492 bits per heavy atom. The van der Waals surface area contributed by atoms with Gasteiger partial charge < -0.3 is 18.9 Å². The van der Waals surface area contributed by atoms with Gasteiger partial charge in [0.2, 0.25) is 0 Å². The van der Waals surface area contributed by atoms with Crippen LogP contribution in [0.25, 0.3) is 11.1 Å². The highest BCUT2D eigenvalue weighted by Crippen LogP contribution is 2.65. The molecule has 0 unspecified atom stereocenters. The van der Waals surface area contributed by atoms with E-state index in [0.29, 0.717) is 24.7 Å². The average molecular weight is 949 g/mol. The molecular weight excluding hydrogens is 887 g/mol. The lowest BCUT2D eigenvalue weighted by Crippen LogP contribution is -2.48. The maximum atomic E-state index is 15.8. The van der Waals surface area contributed by atoms with Crippen LogP contribution in [0.4, 0.5) is 26.3 Å². The van der Waals surface area contributed by atoms with Gasteiger partial charge in [0.15, 0.2) is 0 Å². The van der Waals surface area contributed by atoms with Crippen LogP contribution in [0.3, 0.4) is 0 Å². The largest absolute Gasteiger partial charge is 0.494 e. The van der Waals surface area contributed by atoms with E-state index in [4.69, 9.17) is 18.9 Å². The van der Waals surface area contributed by atoms with Crippen molar-refractivity contribution in [3.8, 4) is 11.5 Å². The van der Waals surface area contributed by atoms with Gasteiger partial charge in [0, 0.05) is 30.7 Å². The van der Waals surface area contributed by atoms with Crippen LogP contribution < -0.4 is 9.47 Å². The van der Waals surface area contributed by atoms with Crippen molar-refractivity contribution in [1.29, 1.82) is 0 Å². The van der Waals surface area contributed by atoms with Gasteiger partial charge in [0.05, 0.1) is 24.3 Å². The standard InChI is InChI=1S/C51H62F6O6S2/c1-5-7-9-11-13-15-17-19-29-60-39-25-21-37(22-26-39)47(58)62-33-41-31-43(35(3)64-41)45-46(50(54,55)51(56,57)49(45,52)53)44-32-42(65-36(44)4)34-63-48(59)38-23-27-40(28-24-38)61-30-20-18-16-14-12-10-8-6-2/h21-28,31-32H,5-20,29-30,33-34H2,1-4H3. The van der Waals surface area contributed by atoms with E-state index in [0.717, 1.165) is 73.3 Å². The molecule has 65 heavy (non-hydrogen) atoms. The smallest absolute Gasteiger partial charge is 0.380 e. The monoisotopic (exact) mass is 948 g/mol. The first-order valence-corrected chi connectivity index (χ1v) is 24.6. The van der Waals surface area contributed by atoms with Crippen molar-refractivity contribution >= 4 is 45.8 Å². The van der Waals surface area contributed by atoms with Crippen LogP contribution >= 0.6 is 22.7 Å². The SMILES string of the molecule is CCCCCCCCCCOc1ccc(C(=O)OCc2cc(C3=C(c4cc(COC(=O)c5ccc(OCCCCCCCCCC)cc5)sc4C)C(F)(F)C(F)(F)C3(F)F)c(C)s2)cc1. The number of thiophene rings is 2. The third-order valence-electron chi connectivity index (χ3n) is 11.5. The molecular formula is C51H62F6O6S2. The topological polar surface area (TPSA) is 71.1 Å². The van der Waals surface area contributed by atoms with Gasteiger partial charge in [0.1, 0.15) is 24.7 Å². The van der Waals surface area contributed by atoms with Gasteiger partial charge in [0.25, 0.3) is 0 Å². The second kappa shape index (κ2) is 24.5. The molecule has 0 aliphatic heterocycles. The summed E-state index contributed by atoms with van der Waals surface area (Å²) >= 11 is 1.74. The molecule has 0 atom stereocenters. The van der Waals surface area contributed by atoms with E-state index in [9.17, 15) is 9.59 Å². The van der Waals surface area contributed by atoms with Crippen molar-refractivity contribution in [3.05, 3.63) is 102 Å². The van der Waals surface area contributed by atoms with Gasteiger partial charge in [-0.05, 0) is 98.5 Å². The molecule has 1 aliphatic carbocycles. The predicted molar refractivity (Wildman–Crippen MR) is 247 cm³/mol. The van der Waals surface area contributed by atoms with E-state index in [1.807, 2.05) is 0 Å². The van der Waals surface area contributed by atoms with E-state index in [1.54, 1.807) is 24.3 Å². The second-order valence-electron chi connectivity index (χ2n) is 16.7. The Bertz CT molecular complexity index is 2010. The molecule has 6 nitrogen and oxygen atoms in total. The number of hydrogen-bond acceptors (Lipinski definition) is 8. The minimum Gasteiger partial charge on any atom is -0.494 e. The van der Waals surface area contributed by atoms with Gasteiger partial charge in [-0.25, -0.2) is 9.59 Å². The Labute approximate surface area is 387 Å². The van der Waals surface area contributed by atoms with Gasteiger partial charge >= 0.3 is 29.7 Å². The Kier molecular flexibility index (Phi) is 19.5. The molecule has 0 fully saturated rings. The summed E-state index contributed by atoms with van der Waals surface area (Å²) in [5, 5.41) is 0. The molecule has 14 heteroatoms. The van der Waals surface area contributed by atoms with Crippen LogP contribution in [0.2, 0.25) is 0 Å². The van der Waals surface area contributed by atoms with Crippen LogP contribution in [0.5, 0.6) is 11.5 Å². The number of benzene rings is 2.